The summed E-state index contributed by atoms with van der Waals surface area (Å²) in [6, 6.07) is 2.25. The Labute approximate surface area is 127 Å². The quantitative estimate of drug-likeness (QED) is 0.246. The van der Waals surface area contributed by atoms with Gasteiger partial charge in [0.15, 0.2) is 7.38 Å². The van der Waals surface area contributed by atoms with E-state index in [-0.39, 0.29) is 5.04 Å². The van der Waals surface area contributed by atoms with Crippen LogP contribution in [0, 0.1) is 5.92 Å². The first kappa shape index (κ1) is 19.0. The predicted molar refractivity (Wildman–Crippen MR) is 93.6 cm³/mol. The van der Waals surface area contributed by atoms with E-state index in [0.29, 0.717) is 0 Å². The van der Waals surface area contributed by atoms with Crippen LogP contribution in [-0.4, -0.2) is 7.38 Å². The molecule has 0 amide bonds. The minimum Gasteiger partial charge on any atom is -0.166 e. The number of halogens is 1. The van der Waals surface area contributed by atoms with Crippen molar-refractivity contribution in [3.05, 3.63) is 24.3 Å². The molecule has 0 fully saturated rings. The zero-order valence-corrected chi connectivity index (χ0v) is 15.6. The van der Waals surface area contributed by atoms with Gasteiger partial charge in [-0.15, -0.1) is 6.58 Å². The third-order valence-corrected chi connectivity index (χ3v) is 12.2. The van der Waals surface area contributed by atoms with Gasteiger partial charge in [0.05, 0.1) is 0 Å². The third kappa shape index (κ3) is 5.47. The monoisotopic (exact) mass is 300 g/mol. The van der Waals surface area contributed by atoms with E-state index in [1.54, 1.807) is 0 Å². The highest BCUT2D eigenvalue weighted by Crippen LogP contribution is 2.50. The smallest absolute Gasteiger partial charge is 0.165 e. The first-order valence-corrected chi connectivity index (χ1v) is 11.2. The van der Waals surface area contributed by atoms with Gasteiger partial charge in [0.2, 0.25) is 0 Å². The summed E-state index contributed by atoms with van der Waals surface area (Å²) >= 11 is 6.97. The standard InChI is InChI=1S/C17H33ClSi/c1-8-17(7,19(18,9-2)10-3)14-13-16(6)12-11-15(4)5/h8,12,15H,1,9-11,13-14H2,2-7H3/b16-12+. The van der Waals surface area contributed by atoms with Crippen molar-refractivity contribution in [1.29, 1.82) is 0 Å². The van der Waals surface area contributed by atoms with Crippen molar-refractivity contribution in [3.8, 4) is 0 Å². The summed E-state index contributed by atoms with van der Waals surface area (Å²) in [6.45, 7) is 17.7. The Morgan fingerprint density at radius 2 is 1.84 bits per heavy atom. The molecule has 0 heterocycles. The second kappa shape index (κ2) is 8.31. The lowest BCUT2D eigenvalue weighted by Crippen LogP contribution is -2.39. The third-order valence-electron chi connectivity index (χ3n) is 4.57. The topological polar surface area (TPSA) is 0 Å². The summed E-state index contributed by atoms with van der Waals surface area (Å²) in [5.41, 5.74) is 1.50. The van der Waals surface area contributed by atoms with E-state index in [4.69, 9.17) is 11.1 Å². The summed E-state index contributed by atoms with van der Waals surface area (Å²) in [5.74, 6) is 0.744. The molecule has 0 aromatic heterocycles. The largest absolute Gasteiger partial charge is 0.166 e. The Hall–Kier alpha value is -0.0131. The Bertz CT molecular complexity index is 302. The molecule has 0 aromatic rings. The number of hydrogen-bond acceptors (Lipinski definition) is 0. The highest BCUT2D eigenvalue weighted by Gasteiger charge is 2.44. The second-order valence-corrected chi connectivity index (χ2v) is 13.1. The minimum absolute atomic E-state index is 0.144. The zero-order valence-electron chi connectivity index (χ0n) is 13.9. The molecule has 0 aromatic carbocycles. The van der Waals surface area contributed by atoms with E-state index >= 15 is 0 Å². The molecule has 19 heavy (non-hydrogen) atoms. The molecule has 0 nitrogen and oxygen atoms in total. The van der Waals surface area contributed by atoms with Gasteiger partial charge in [-0.1, -0.05) is 52.3 Å². The van der Waals surface area contributed by atoms with Crippen molar-refractivity contribution in [1.82, 2.24) is 0 Å². The Morgan fingerprint density at radius 1 is 1.32 bits per heavy atom. The summed E-state index contributed by atoms with van der Waals surface area (Å²) in [6.07, 6.45) is 8.01. The van der Waals surface area contributed by atoms with Gasteiger partial charge in [-0.05, 0) is 49.2 Å². The van der Waals surface area contributed by atoms with Crippen molar-refractivity contribution in [2.24, 2.45) is 5.92 Å². The molecule has 0 radical (unpaired) electrons. The van der Waals surface area contributed by atoms with Crippen LogP contribution in [0.5, 0.6) is 0 Å². The van der Waals surface area contributed by atoms with Crippen LogP contribution in [0.1, 0.15) is 60.8 Å². The van der Waals surface area contributed by atoms with E-state index in [2.05, 4.69) is 60.3 Å². The molecule has 0 aliphatic rings. The molecular formula is C17H33ClSi. The Morgan fingerprint density at radius 3 is 2.21 bits per heavy atom. The molecule has 0 aliphatic carbocycles. The van der Waals surface area contributed by atoms with Crippen molar-refractivity contribution >= 4 is 18.5 Å². The van der Waals surface area contributed by atoms with Crippen LogP contribution in [0.15, 0.2) is 24.3 Å². The van der Waals surface area contributed by atoms with E-state index in [1.165, 1.54) is 12.0 Å². The molecule has 0 N–H and O–H groups in total. The predicted octanol–water partition coefficient (Wildman–Crippen LogP) is 6.93. The normalized spacial score (nSPS) is 16.5. The second-order valence-electron chi connectivity index (χ2n) is 6.47. The first-order chi connectivity index (χ1) is 8.74. The molecule has 2 heteroatoms. The van der Waals surface area contributed by atoms with Crippen LogP contribution in [-0.2, 0) is 0 Å². The first-order valence-electron chi connectivity index (χ1n) is 7.72. The van der Waals surface area contributed by atoms with Gasteiger partial charge in [0.1, 0.15) is 0 Å². The van der Waals surface area contributed by atoms with Crippen molar-refractivity contribution < 1.29 is 0 Å². The summed E-state index contributed by atoms with van der Waals surface area (Å²) in [5, 5.41) is 0.144. The van der Waals surface area contributed by atoms with Crippen LogP contribution in [0.25, 0.3) is 0 Å². The number of hydrogen-bond donors (Lipinski definition) is 0. The van der Waals surface area contributed by atoms with Crippen LogP contribution in [0.4, 0.5) is 0 Å². The van der Waals surface area contributed by atoms with Gasteiger partial charge in [-0.25, -0.2) is 0 Å². The maximum Gasteiger partial charge on any atom is 0.165 e. The maximum atomic E-state index is 6.97. The van der Waals surface area contributed by atoms with E-state index in [0.717, 1.165) is 30.8 Å². The van der Waals surface area contributed by atoms with E-state index in [9.17, 15) is 0 Å². The molecule has 112 valence electrons. The van der Waals surface area contributed by atoms with Gasteiger partial charge in [-0.2, -0.15) is 11.1 Å². The fraction of sp³-hybridized carbons (Fsp3) is 0.765. The van der Waals surface area contributed by atoms with E-state index < -0.39 is 7.38 Å². The minimum atomic E-state index is -1.74. The highest BCUT2D eigenvalue weighted by molar-refractivity contribution is 7.22. The molecule has 1 atom stereocenters. The molecule has 0 saturated carbocycles. The van der Waals surface area contributed by atoms with Gasteiger partial charge < -0.3 is 0 Å². The maximum absolute atomic E-state index is 6.97. The fourth-order valence-corrected chi connectivity index (χ4v) is 6.13. The van der Waals surface area contributed by atoms with Gasteiger partial charge in [0, 0.05) is 0 Å². The lowest BCUT2D eigenvalue weighted by molar-refractivity contribution is 0.628. The number of rotatable bonds is 9. The van der Waals surface area contributed by atoms with Crippen LogP contribution in [0.2, 0.25) is 17.1 Å². The molecule has 0 aliphatic heterocycles. The number of allylic oxidation sites excluding steroid dienone is 3. The molecule has 0 saturated heterocycles. The summed E-state index contributed by atoms with van der Waals surface area (Å²) < 4.78 is 0. The lowest BCUT2D eigenvalue weighted by atomic mass is 9.99. The zero-order chi connectivity index (χ0) is 15.1. The molecule has 0 spiro atoms. The highest BCUT2D eigenvalue weighted by atomic mass is 35.6. The average Bonchev–Trinajstić information content (AvgIpc) is 2.41. The average molecular weight is 301 g/mol. The summed E-state index contributed by atoms with van der Waals surface area (Å²) in [7, 11) is -1.74. The molecular weight excluding hydrogens is 268 g/mol. The van der Waals surface area contributed by atoms with Gasteiger partial charge in [-0.3, -0.25) is 0 Å². The Balaban J connectivity index is 4.73. The molecule has 0 bridgehead atoms. The van der Waals surface area contributed by atoms with E-state index in [1.807, 2.05) is 0 Å². The fourth-order valence-electron chi connectivity index (χ4n) is 2.56. The van der Waals surface area contributed by atoms with Crippen LogP contribution < -0.4 is 0 Å². The summed E-state index contributed by atoms with van der Waals surface area (Å²) in [4.78, 5) is 0. The van der Waals surface area contributed by atoms with Crippen molar-refractivity contribution in [2.75, 3.05) is 0 Å². The van der Waals surface area contributed by atoms with Crippen molar-refractivity contribution in [3.63, 3.8) is 0 Å². The molecule has 1 unspecified atom stereocenters. The van der Waals surface area contributed by atoms with Crippen LogP contribution >= 0.6 is 11.1 Å². The Kier molecular flexibility index (Phi) is 8.31. The van der Waals surface area contributed by atoms with Gasteiger partial charge >= 0.3 is 0 Å². The SMILES string of the molecule is C=CC(C)(CC/C(C)=C/CC(C)C)[Si](Cl)(CC)CC. The van der Waals surface area contributed by atoms with Crippen LogP contribution in [0.3, 0.4) is 0 Å². The van der Waals surface area contributed by atoms with Crippen molar-refractivity contribution in [2.45, 2.75) is 77.9 Å². The van der Waals surface area contributed by atoms with Gasteiger partial charge in [0.25, 0.3) is 0 Å². The molecule has 0 rings (SSSR count). The lowest BCUT2D eigenvalue weighted by Gasteiger charge is -2.40.